The van der Waals surface area contributed by atoms with Gasteiger partial charge in [0.1, 0.15) is 6.61 Å². The molecule has 0 aromatic carbocycles. The van der Waals surface area contributed by atoms with E-state index in [1.807, 2.05) is 6.92 Å². The van der Waals surface area contributed by atoms with Crippen LogP contribution in [-0.4, -0.2) is 18.9 Å². The van der Waals surface area contributed by atoms with Crippen LogP contribution in [0.3, 0.4) is 0 Å². The minimum absolute atomic E-state index is 0.0566. The maximum Gasteiger partial charge on any atom is 0.293 e. The van der Waals surface area contributed by atoms with E-state index < -0.39 is 0 Å². The minimum Gasteiger partial charge on any atom is -0.460 e. The average Bonchev–Trinajstić information content (AvgIpc) is 2.26. The minimum atomic E-state index is -0.0597. The van der Waals surface area contributed by atoms with Crippen LogP contribution in [0.15, 0.2) is 0 Å². The summed E-state index contributed by atoms with van der Waals surface area (Å²) in [4.78, 5) is 21.5. The molecule has 0 saturated carbocycles. The molecule has 88 valence electrons. The van der Waals surface area contributed by atoms with Gasteiger partial charge in [-0.05, 0) is 12.8 Å². The summed E-state index contributed by atoms with van der Waals surface area (Å²) in [7, 11) is 0. The smallest absolute Gasteiger partial charge is 0.293 e. The molecule has 0 aliphatic heterocycles. The maximum atomic E-state index is 11.5. The van der Waals surface area contributed by atoms with Gasteiger partial charge in [0.15, 0.2) is 5.78 Å². The van der Waals surface area contributed by atoms with Crippen molar-refractivity contribution in [2.75, 3.05) is 6.61 Å². The summed E-state index contributed by atoms with van der Waals surface area (Å²) in [5.41, 5.74) is 0. The number of rotatable bonds is 10. The van der Waals surface area contributed by atoms with Crippen LogP contribution in [0.25, 0.3) is 0 Å². The van der Waals surface area contributed by atoms with Crippen molar-refractivity contribution in [2.24, 2.45) is 5.92 Å². The lowest BCUT2D eigenvalue weighted by Crippen LogP contribution is -2.19. The first-order chi connectivity index (χ1) is 7.26. The van der Waals surface area contributed by atoms with E-state index in [4.69, 9.17) is 0 Å². The number of hydrogen-bond donors (Lipinski definition) is 0. The normalized spacial score (nSPS) is 12.1. The Kier molecular flexibility index (Phi) is 9.13. The number of ether oxygens (including phenoxy) is 1. The summed E-state index contributed by atoms with van der Waals surface area (Å²) >= 11 is 0. The van der Waals surface area contributed by atoms with Crippen molar-refractivity contribution < 1.29 is 14.3 Å². The van der Waals surface area contributed by atoms with E-state index in [1.165, 1.54) is 19.3 Å². The summed E-state index contributed by atoms with van der Waals surface area (Å²) in [6.07, 6.45) is 6.49. The molecule has 1 unspecified atom stereocenters. The highest BCUT2D eigenvalue weighted by molar-refractivity contribution is 5.82. The van der Waals surface area contributed by atoms with Crippen LogP contribution in [0.2, 0.25) is 0 Å². The van der Waals surface area contributed by atoms with Gasteiger partial charge in [0.2, 0.25) is 0 Å². The largest absolute Gasteiger partial charge is 0.460 e. The molecule has 0 heterocycles. The molecule has 0 aromatic rings. The third-order valence-corrected chi connectivity index (χ3v) is 2.65. The van der Waals surface area contributed by atoms with Crippen LogP contribution < -0.4 is 0 Å². The fraction of sp³-hybridized carbons (Fsp3) is 0.833. The summed E-state index contributed by atoms with van der Waals surface area (Å²) < 4.78 is 4.48. The molecule has 0 fully saturated rings. The highest BCUT2D eigenvalue weighted by Gasteiger charge is 2.15. The van der Waals surface area contributed by atoms with Gasteiger partial charge in [0.25, 0.3) is 6.47 Å². The van der Waals surface area contributed by atoms with Gasteiger partial charge >= 0.3 is 0 Å². The highest BCUT2D eigenvalue weighted by atomic mass is 16.5. The molecular formula is C12H22O3. The lowest BCUT2D eigenvalue weighted by Gasteiger charge is -2.12. The molecule has 0 aromatic heterocycles. The van der Waals surface area contributed by atoms with Crippen LogP contribution >= 0.6 is 0 Å². The predicted octanol–water partition coefficient (Wildman–Crippen LogP) is 2.73. The molecule has 0 amide bonds. The van der Waals surface area contributed by atoms with Crippen molar-refractivity contribution >= 4 is 12.3 Å². The number of carbonyl (C=O) groups is 2. The van der Waals surface area contributed by atoms with Gasteiger partial charge < -0.3 is 4.74 Å². The Labute approximate surface area is 92.2 Å². The molecule has 0 aliphatic carbocycles. The van der Waals surface area contributed by atoms with Crippen LogP contribution in [0.1, 0.15) is 52.4 Å². The number of ketones is 1. The van der Waals surface area contributed by atoms with Crippen molar-refractivity contribution in [1.82, 2.24) is 0 Å². The zero-order valence-electron chi connectivity index (χ0n) is 9.83. The number of unbranched alkanes of at least 4 members (excludes halogenated alkanes) is 3. The Hall–Kier alpha value is -0.860. The van der Waals surface area contributed by atoms with E-state index in [9.17, 15) is 9.59 Å². The quantitative estimate of drug-likeness (QED) is 0.415. The van der Waals surface area contributed by atoms with Gasteiger partial charge in [-0.25, -0.2) is 0 Å². The summed E-state index contributed by atoms with van der Waals surface area (Å²) in [5.74, 6) is 0.128. The van der Waals surface area contributed by atoms with Crippen molar-refractivity contribution in [1.29, 1.82) is 0 Å². The van der Waals surface area contributed by atoms with Gasteiger partial charge in [-0.2, -0.15) is 0 Å². The van der Waals surface area contributed by atoms with E-state index in [0.717, 1.165) is 19.3 Å². The maximum absolute atomic E-state index is 11.5. The standard InChI is InChI=1S/C12H22O3/c1-3-5-6-7-8-11(4-2)12(14)9-15-10-13/h10-11H,3-9H2,1-2H3. The third-order valence-electron chi connectivity index (χ3n) is 2.65. The topological polar surface area (TPSA) is 43.4 Å². The van der Waals surface area contributed by atoms with Gasteiger partial charge in [0, 0.05) is 5.92 Å². The Morgan fingerprint density at radius 3 is 2.53 bits per heavy atom. The second kappa shape index (κ2) is 9.69. The fourth-order valence-electron chi connectivity index (χ4n) is 1.64. The van der Waals surface area contributed by atoms with Gasteiger partial charge in [-0.15, -0.1) is 0 Å². The summed E-state index contributed by atoms with van der Waals surface area (Å²) in [5, 5.41) is 0. The molecular weight excluding hydrogens is 192 g/mol. The van der Waals surface area contributed by atoms with Crippen LogP contribution in [-0.2, 0) is 14.3 Å². The zero-order chi connectivity index (χ0) is 11.5. The zero-order valence-corrected chi connectivity index (χ0v) is 9.83. The predicted molar refractivity (Wildman–Crippen MR) is 59.6 cm³/mol. The van der Waals surface area contributed by atoms with E-state index in [1.54, 1.807) is 0 Å². The molecule has 3 heteroatoms. The number of Topliss-reactive ketones (excluding diaryl/α,β-unsaturated/α-hetero) is 1. The summed E-state index contributed by atoms with van der Waals surface area (Å²) in [6.45, 7) is 4.45. The second-order valence-electron chi connectivity index (χ2n) is 3.83. The first kappa shape index (κ1) is 14.1. The van der Waals surface area contributed by atoms with Crippen molar-refractivity contribution in [3.05, 3.63) is 0 Å². The molecule has 0 saturated heterocycles. The number of hydrogen-bond acceptors (Lipinski definition) is 3. The van der Waals surface area contributed by atoms with E-state index >= 15 is 0 Å². The Bertz CT molecular complexity index is 178. The van der Waals surface area contributed by atoms with Crippen molar-refractivity contribution in [2.45, 2.75) is 52.4 Å². The van der Waals surface area contributed by atoms with Crippen molar-refractivity contribution in [3.63, 3.8) is 0 Å². The molecule has 0 N–H and O–H groups in total. The summed E-state index contributed by atoms with van der Waals surface area (Å²) in [6, 6.07) is 0. The van der Waals surface area contributed by atoms with Gasteiger partial charge in [0.05, 0.1) is 0 Å². The Morgan fingerprint density at radius 1 is 1.27 bits per heavy atom. The Balaban J connectivity index is 3.69. The lowest BCUT2D eigenvalue weighted by molar-refractivity contribution is -0.138. The lowest BCUT2D eigenvalue weighted by atomic mass is 9.94. The second-order valence-corrected chi connectivity index (χ2v) is 3.83. The molecule has 3 nitrogen and oxygen atoms in total. The monoisotopic (exact) mass is 214 g/mol. The molecule has 15 heavy (non-hydrogen) atoms. The van der Waals surface area contributed by atoms with E-state index in [-0.39, 0.29) is 18.3 Å². The molecule has 0 spiro atoms. The van der Waals surface area contributed by atoms with Crippen molar-refractivity contribution in [3.8, 4) is 0 Å². The van der Waals surface area contributed by atoms with E-state index in [0.29, 0.717) is 6.47 Å². The SMILES string of the molecule is CCCCCCC(CC)C(=O)COC=O. The van der Waals surface area contributed by atoms with Crippen LogP contribution in [0.4, 0.5) is 0 Å². The fourth-order valence-corrected chi connectivity index (χ4v) is 1.64. The number of carbonyl (C=O) groups excluding carboxylic acids is 2. The first-order valence-electron chi connectivity index (χ1n) is 5.84. The van der Waals surface area contributed by atoms with Crippen LogP contribution in [0, 0.1) is 5.92 Å². The highest BCUT2D eigenvalue weighted by Crippen LogP contribution is 2.15. The van der Waals surface area contributed by atoms with Gasteiger partial charge in [-0.3, -0.25) is 9.59 Å². The van der Waals surface area contributed by atoms with E-state index in [2.05, 4.69) is 11.7 Å². The third kappa shape index (κ3) is 7.11. The molecule has 0 aliphatic rings. The molecule has 0 bridgehead atoms. The average molecular weight is 214 g/mol. The van der Waals surface area contributed by atoms with Gasteiger partial charge in [-0.1, -0.05) is 39.5 Å². The molecule has 0 radical (unpaired) electrons. The first-order valence-corrected chi connectivity index (χ1v) is 5.84. The molecule has 0 rings (SSSR count). The molecule has 1 atom stereocenters. The Morgan fingerprint density at radius 2 is 2.00 bits per heavy atom. The van der Waals surface area contributed by atoms with Crippen LogP contribution in [0.5, 0.6) is 0 Å².